The molecule has 2 atom stereocenters. The predicted octanol–water partition coefficient (Wildman–Crippen LogP) is 3.89. The Morgan fingerprint density at radius 1 is 0.794 bits per heavy atom. The largest absolute Gasteiger partial charge is 0.355 e. The SMILES string of the molecule is COC(OC)C12c3ccccc3C(c3ccccc31)C1C(=O)N(CCc3ccccc3)C(=O)C12. The van der Waals surface area contributed by atoms with Gasteiger partial charge >= 0.3 is 0 Å². The molecular weight excluding hydrogens is 426 g/mol. The molecule has 7 rings (SSSR count). The number of carbonyl (C=O) groups is 2. The van der Waals surface area contributed by atoms with Crippen molar-refractivity contribution in [3.8, 4) is 0 Å². The van der Waals surface area contributed by atoms with Gasteiger partial charge in [0.15, 0.2) is 6.29 Å². The van der Waals surface area contributed by atoms with E-state index >= 15 is 0 Å². The molecule has 0 spiro atoms. The maximum absolute atomic E-state index is 14.1. The van der Waals surface area contributed by atoms with E-state index in [4.69, 9.17) is 9.47 Å². The molecule has 3 aromatic carbocycles. The molecular formula is C29H27NO4. The fourth-order valence-corrected chi connectivity index (χ4v) is 6.86. The van der Waals surface area contributed by atoms with E-state index in [2.05, 4.69) is 24.3 Å². The van der Waals surface area contributed by atoms with E-state index in [0.29, 0.717) is 13.0 Å². The minimum Gasteiger partial charge on any atom is -0.355 e. The number of ether oxygens (including phenoxy) is 2. The molecule has 1 saturated heterocycles. The summed E-state index contributed by atoms with van der Waals surface area (Å²) < 4.78 is 11.8. The van der Waals surface area contributed by atoms with E-state index in [-0.39, 0.29) is 17.7 Å². The lowest BCUT2D eigenvalue weighted by Gasteiger charge is -2.56. The van der Waals surface area contributed by atoms with Crippen molar-refractivity contribution in [2.45, 2.75) is 24.0 Å². The maximum Gasteiger partial charge on any atom is 0.234 e. The van der Waals surface area contributed by atoms with Crippen molar-refractivity contribution < 1.29 is 19.1 Å². The standard InChI is InChI=1S/C29H27NO4/c1-33-28(34-2)29-21-14-8-6-12-19(21)23(20-13-7-9-15-22(20)29)24-25(29)27(32)30(26(24)31)17-16-18-10-4-3-5-11-18/h3-15,23-25,28H,16-17H2,1-2H3. The molecule has 0 aromatic heterocycles. The van der Waals surface area contributed by atoms with Gasteiger partial charge in [-0.2, -0.15) is 0 Å². The fourth-order valence-electron chi connectivity index (χ4n) is 6.86. The summed E-state index contributed by atoms with van der Waals surface area (Å²) in [5, 5.41) is 0. The van der Waals surface area contributed by atoms with E-state index in [9.17, 15) is 9.59 Å². The quantitative estimate of drug-likeness (QED) is 0.420. The topological polar surface area (TPSA) is 55.8 Å². The Labute approximate surface area is 199 Å². The lowest BCUT2D eigenvalue weighted by atomic mass is 9.47. The first-order valence-corrected chi connectivity index (χ1v) is 11.8. The number of amides is 2. The van der Waals surface area contributed by atoms with Crippen molar-refractivity contribution >= 4 is 11.8 Å². The van der Waals surface area contributed by atoms with Crippen LogP contribution in [0.4, 0.5) is 0 Å². The van der Waals surface area contributed by atoms with Crippen LogP contribution < -0.4 is 0 Å². The number of likely N-dealkylation sites (tertiary alicyclic amines) is 1. The first kappa shape index (κ1) is 21.3. The van der Waals surface area contributed by atoms with Gasteiger partial charge in [0.2, 0.25) is 11.8 Å². The van der Waals surface area contributed by atoms with Crippen LogP contribution in [0.5, 0.6) is 0 Å². The Kier molecular flexibility index (Phi) is 4.94. The number of nitrogens with zero attached hydrogens (tertiary/aromatic N) is 1. The van der Waals surface area contributed by atoms with E-state index in [0.717, 1.165) is 27.8 Å². The predicted molar refractivity (Wildman–Crippen MR) is 127 cm³/mol. The Hall–Kier alpha value is -3.28. The van der Waals surface area contributed by atoms with Crippen molar-refractivity contribution in [3.05, 3.63) is 107 Å². The fraction of sp³-hybridized carbons (Fsp3) is 0.310. The lowest BCUT2D eigenvalue weighted by molar-refractivity contribution is -0.169. The van der Waals surface area contributed by atoms with Gasteiger partial charge in [0.1, 0.15) is 0 Å². The molecule has 1 fully saturated rings. The van der Waals surface area contributed by atoms with Gasteiger partial charge in [-0.05, 0) is 34.2 Å². The average Bonchev–Trinajstić information content (AvgIpc) is 3.14. The van der Waals surface area contributed by atoms with Crippen molar-refractivity contribution in [2.24, 2.45) is 11.8 Å². The zero-order chi connectivity index (χ0) is 23.4. The molecule has 4 aliphatic rings. The van der Waals surface area contributed by atoms with Crippen LogP contribution in [-0.2, 0) is 30.9 Å². The zero-order valence-corrected chi connectivity index (χ0v) is 19.3. The molecule has 3 aliphatic carbocycles. The summed E-state index contributed by atoms with van der Waals surface area (Å²) in [7, 11) is 3.22. The molecule has 1 heterocycles. The minimum absolute atomic E-state index is 0.0877. The first-order valence-electron chi connectivity index (χ1n) is 11.8. The van der Waals surface area contributed by atoms with Crippen LogP contribution in [0.2, 0.25) is 0 Å². The third-order valence-electron chi connectivity index (χ3n) is 8.04. The van der Waals surface area contributed by atoms with Gasteiger partial charge < -0.3 is 9.47 Å². The van der Waals surface area contributed by atoms with E-state index in [1.54, 1.807) is 14.2 Å². The van der Waals surface area contributed by atoms with Crippen molar-refractivity contribution in [2.75, 3.05) is 20.8 Å². The molecule has 2 bridgehead atoms. The highest BCUT2D eigenvalue weighted by atomic mass is 16.7. The summed E-state index contributed by atoms with van der Waals surface area (Å²) in [6.07, 6.45) is -0.0813. The number of hydrogen-bond acceptors (Lipinski definition) is 4. The highest BCUT2D eigenvalue weighted by molar-refractivity contribution is 6.08. The summed E-state index contributed by atoms with van der Waals surface area (Å²) in [6, 6.07) is 26.3. The molecule has 2 unspecified atom stereocenters. The van der Waals surface area contributed by atoms with Crippen LogP contribution in [0.3, 0.4) is 0 Å². The second-order valence-electron chi connectivity index (χ2n) is 9.39. The smallest absolute Gasteiger partial charge is 0.234 e. The van der Waals surface area contributed by atoms with Gasteiger partial charge in [0.05, 0.1) is 17.3 Å². The van der Waals surface area contributed by atoms with Crippen LogP contribution in [0, 0.1) is 11.8 Å². The Balaban J connectivity index is 1.54. The monoisotopic (exact) mass is 453 g/mol. The average molecular weight is 454 g/mol. The first-order chi connectivity index (χ1) is 16.6. The number of carbonyl (C=O) groups excluding carboxylic acids is 2. The number of methoxy groups -OCH3 is 2. The van der Waals surface area contributed by atoms with E-state index < -0.39 is 23.5 Å². The van der Waals surface area contributed by atoms with E-state index in [1.165, 1.54) is 4.90 Å². The molecule has 0 radical (unpaired) electrons. The lowest BCUT2D eigenvalue weighted by Crippen LogP contribution is -2.60. The van der Waals surface area contributed by atoms with Gasteiger partial charge in [-0.3, -0.25) is 14.5 Å². The summed E-state index contributed by atoms with van der Waals surface area (Å²) in [4.78, 5) is 29.6. The molecule has 1 aliphatic heterocycles. The number of rotatable bonds is 6. The van der Waals surface area contributed by atoms with Crippen molar-refractivity contribution in [1.82, 2.24) is 4.90 Å². The van der Waals surface area contributed by atoms with Crippen molar-refractivity contribution in [3.63, 3.8) is 0 Å². The van der Waals surface area contributed by atoms with Crippen LogP contribution in [0.25, 0.3) is 0 Å². The molecule has 0 saturated carbocycles. The van der Waals surface area contributed by atoms with Gasteiger partial charge in [0, 0.05) is 26.7 Å². The molecule has 2 amide bonds. The summed E-state index contributed by atoms with van der Waals surface area (Å²) in [5.74, 6) is -1.42. The van der Waals surface area contributed by atoms with Crippen molar-refractivity contribution in [1.29, 1.82) is 0 Å². The van der Waals surface area contributed by atoms with Gasteiger partial charge in [0.25, 0.3) is 0 Å². The van der Waals surface area contributed by atoms with Gasteiger partial charge in [-0.1, -0.05) is 78.9 Å². The molecule has 5 heteroatoms. The summed E-state index contributed by atoms with van der Waals surface area (Å²) in [5.41, 5.74) is 4.44. The highest BCUT2D eigenvalue weighted by Gasteiger charge is 2.70. The summed E-state index contributed by atoms with van der Waals surface area (Å²) >= 11 is 0. The van der Waals surface area contributed by atoms with Crippen LogP contribution in [0.1, 0.15) is 33.7 Å². The number of imide groups is 1. The highest BCUT2D eigenvalue weighted by Crippen LogP contribution is 2.65. The van der Waals surface area contributed by atoms with Crippen LogP contribution in [-0.4, -0.2) is 43.8 Å². The van der Waals surface area contributed by atoms with Gasteiger partial charge in [-0.15, -0.1) is 0 Å². The third kappa shape index (κ3) is 2.62. The Bertz CT molecular complexity index is 1220. The zero-order valence-electron chi connectivity index (χ0n) is 19.3. The second kappa shape index (κ2) is 7.90. The number of benzene rings is 3. The minimum atomic E-state index is -0.898. The molecule has 3 aromatic rings. The maximum atomic E-state index is 14.1. The second-order valence-corrected chi connectivity index (χ2v) is 9.39. The Morgan fingerprint density at radius 3 is 1.94 bits per heavy atom. The Morgan fingerprint density at radius 2 is 1.35 bits per heavy atom. The molecule has 0 N–H and O–H groups in total. The molecule has 5 nitrogen and oxygen atoms in total. The molecule has 172 valence electrons. The number of hydrogen-bond donors (Lipinski definition) is 0. The van der Waals surface area contributed by atoms with Crippen LogP contribution in [0.15, 0.2) is 78.9 Å². The van der Waals surface area contributed by atoms with E-state index in [1.807, 2.05) is 54.6 Å². The summed E-state index contributed by atoms with van der Waals surface area (Å²) in [6.45, 7) is 0.370. The molecule has 34 heavy (non-hydrogen) atoms. The normalized spacial score (nSPS) is 26.6. The third-order valence-corrected chi connectivity index (χ3v) is 8.04. The van der Waals surface area contributed by atoms with Crippen LogP contribution >= 0.6 is 0 Å². The van der Waals surface area contributed by atoms with Gasteiger partial charge in [-0.25, -0.2) is 0 Å².